The van der Waals surface area contributed by atoms with E-state index >= 15 is 0 Å². The van der Waals surface area contributed by atoms with E-state index in [9.17, 15) is 20.2 Å². The van der Waals surface area contributed by atoms with Crippen LogP contribution >= 0.6 is 22.6 Å². The van der Waals surface area contributed by atoms with E-state index in [1.54, 1.807) is 24.3 Å². The van der Waals surface area contributed by atoms with Crippen LogP contribution in [0.15, 0.2) is 42.0 Å². The summed E-state index contributed by atoms with van der Waals surface area (Å²) in [7, 11) is 1.48. The highest BCUT2D eigenvalue weighted by atomic mass is 127. The SMILES string of the molecule is COc1cc(/C=C(/C#N)C(=O)NC(C)C)cc(I)c1OCc1cccc([N+](=O)[O-])c1. The van der Waals surface area contributed by atoms with Gasteiger partial charge in [0.25, 0.3) is 11.6 Å². The molecule has 30 heavy (non-hydrogen) atoms. The van der Waals surface area contributed by atoms with Gasteiger partial charge in [0.1, 0.15) is 18.2 Å². The minimum absolute atomic E-state index is 0.0121. The Hall–Kier alpha value is -3.13. The standard InChI is InChI=1S/C21H20IN3O5/c1-13(2)24-21(26)16(11-23)7-15-9-18(22)20(19(10-15)29-3)30-12-14-5-4-6-17(8-14)25(27)28/h4-10,13H,12H2,1-3H3,(H,24,26)/b16-7-. The van der Waals surface area contributed by atoms with Crippen molar-refractivity contribution in [2.75, 3.05) is 7.11 Å². The van der Waals surface area contributed by atoms with E-state index in [0.717, 1.165) is 0 Å². The molecule has 2 aromatic carbocycles. The van der Waals surface area contributed by atoms with E-state index in [-0.39, 0.29) is 23.9 Å². The lowest BCUT2D eigenvalue weighted by Gasteiger charge is -2.14. The van der Waals surface area contributed by atoms with Gasteiger partial charge in [-0.05, 0) is 65.8 Å². The summed E-state index contributed by atoms with van der Waals surface area (Å²) in [5.41, 5.74) is 1.21. The smallest absolute Gasteiger partial charge is 0.269 e. The van der Waals surface area contributed by atoms with Gasteiger partial charge >= 0.3 is 0 Å². The van der Waals surface area contributed by atoms with E-state index in [1.165, 1.54) is 25.3 Å². The maximum absolute atomic E-state index is 12.1. The van der Waals surface area contributed by atoms with Crippen LogP contribution in [-0.2, 0) is 11.4 Å². The summed E-state index contributed by atoms with van der Waals surface area (Å²) < 4.78 is 12.0. The van der Waals surface area contributed by atoms with E-state index in [0.29, 0.717) is 26.2 Å². The molecule has 0 atom stereocenters. The van der Waals surface area contributed by atoms with Crippen molar-refractivity contribution in [2.24, 2.45) is 0 Å². The fraction of sp³-hybridized carbons (Fsp3) is 0.238. The molecule has 0 heterocycles. The maximum Gasteiger partial charge on any atom is 0.269 e. The van der Waals surface area contributed by atoms with Crippen molar-refractivity contribution in [2.45, 2.75) is 26.5 Å². The van der Waals surface area contributed by atoms with Crippen molar-refractivity contribution in [1.29, 1.82) is 5.26 Å². The van der Waals surface area contributed by atoms with Crippen molar-refractivity contribution < 1.29 is 19.2 Å². The molecule has 0 aliphatic heterocycles. The number of halogens is 1. The molecule has 0 aromatic heterocycles. The number of nitrogens with one attached hydrogen (secondary N) is 1. The minimum atomic E-state index is -0.461. The predicted octanol–water partition coefficient (Wildman–Crippen LogP) is 4.22. The van der Waals surface area contributed by atoms with Crippen LogP contribution in [0.1, 0.15) is 25.0 Å². The summed E-state index contributed by atoms with van der Waals surface area (Å²) in [5.74, 6) is 0.430. The summed E-state index contributed by atoms with van der Waals surface area (Å²) >= 11 is 2.07. The molecular formula is C21H20IN3O5. The third-order valence-corrected chi connectivity index (χ3v) is 4.65. The zero-order valence-electron chi connectivity index (χ0n) is 16.6. The summed E-state index contributed by atoms with van der Waals surface area (Å²) in [6.45, 7) is 3.74. The Morgan fingerprint density at radius 3 is 2.70 bits per heavy atom. The number of hydrogen-bond acceptors (Lipinski definition) is 6. The minimum Gasteiger partial charge on any atom is -0.493 e. The average molecular weight is 521 g/mol. The molecule has 1 amide bonds. The topological polar surface area (TPSA) is 114 Å². The third-order valence-electron chi connectivity index (χ3n) is 3.85. The maximum atomic E-state index is 12.1. The van der Waals surface area contributed by atoms with Crippen LogP contribution in [-0.4, -0.2) is 24.0 Å². The fourth-order valence-electron chi connectivity index (χ4n) is 2.53. The van der Waals surface area contributed by atoms with Crippen LogP contribution in [0.5, 0.6) is 11.5 Å². The average Bonchev–Trinajstić information content (AvgIpc) is 2.70. The first-order valence-electron chi connectivity index (χ1n) is 8.91. The van der Waals surface area contributed by atoms with E-state index in [1.807, 2.05) is 19.9 Å². The number of carbonyl (C=O) groups is 1. The molecule has 156 valence electrons. The molecular weight excluding hydrogens is 501 g/mol. The van der Waals surface area contributed by atoms with Crippen molar-refractivity contribution in [3.63, 3.8) is 0 Å². The van der Waals surface area contributed by atoms with Gasteiger partial charge < -0.3 is 14.8 Å². The molecule has 0 spiro atoms. The highest BCUT2D eigenvalue weighted by molar-refractivity contribution is 14.1. The number of carbonyl (C=O) groups excluding carboxylic acids is 1. The number of methoxy groups -OCH3 is 1. The lowest BCUT2D eigenvalue weighted by Crippen LogP contribution is -2.30. The number of nitro benzene ring substituents is 1. The molecule has 0 saturated carbocycles. The molecule has 2 aromatic rings. The van der Waals surface area contributed by atoms with Gasteiger partial charge in [0.05, 0.1) is 15.6 Å². The first-order chi connectivity index (χ1) is 14.2. The Morgan fingerprint density at radius 2 is 2.10 bits per heavy atom. The van der Waals surface area contributed by atoms with Crippen molar-refractivity contribution >= 4 is 40.3 Å². The molecule has 0 radical (unpaired) electrons. The number of rotatable bonds is 8. The van der Waals surface area contributed by atoms with E-state index in [4.69, 9.17) is 9.47 Å². The second-order valence-electron chi connectivity index (χ2n) is 6.55. The summed E-state index contributed by atoms with van der Waals surface area (Å²) in [5, 5.41) is 22.9. The monoisotopic (exact) mass is 521 g/mol. The van der Waals surface area contributed by atoms with Gasteiger partial charge in [-0.1, -0.05) is 12.1 Å². The molecule has 0 aliphatic rings. The summed E-state index contributed by atoms with van der Waals surface area (Å²) in [4.78, 5) is 22.6. The van der Waals surface area contributed by atoms with Crippen LogP contribution in [0.2, 0.25) is 0 Å². The zero-order chi connectivity index (χ0) is 22.3. The van der Waals surface area contributed by atoms with Crippen LogP contribution in [0.4, 0.5) is 5.69 Å². The quantitative estimate of drug-likeness (QED) is 0.183. The van der Waals surface area contributed by atoms with Gasteiger partial charge in [0.15, 0.2) is 11.5 Å². The highest BCUT2D eigenvalue weighted by Gasteiger charge is 2.15. The Morgan fingerprint density at radius 1 is 1.37 bits per heavy atom. The van der Waals surface area contributed by atoms with Crippen LogP contribution in [0, 0.1) is 25.0 Å². The Balaban J connectivity index is 2.28. The predicted molar refractivity (Wildman–Crippen MR) is 120 cm³/mol. The molecule has 2 rings (SSSR count). The molecule has 0 aliphatic carbocycles. The largest absolute Gasteiger partial charge is 0.493 e. The number of nitro groups is 1. The number of non-ortho nitro benzene ring substituents is 1. The van der Waals surface area contributed by atoms with Gasteiger partial charge in [-0.2, -0.15) is 5.26 Å². The second-order valence-corrected chi connectivity index (χ2v) is 7.71. The molecule has 0 saturated heterocycles. The molecule has 1 N–H and O–H groups in total. The number of nitriles is 1. The Bertz CT molecular complexity index is 1030. The molecule has 8 nitrogen and oxygen atoms in total. The normalized spacial score (nSPS) is 11.0. The van der Waals surface area contributed by atoms with Crippen molar-refractivity contribution in [1.82, 2.24) is 5.32 Å². The number of nitrogens with zero attached hydrogens (tertiary/aromatic N) is 2. The van der Waals surface area contributed by atoms with Crippen LogP contribution in [0.25, 0.3) is 6.08 Å². The molecule has 0 bridgehead atoms. The third kappa shape index (κ3) is 6.18. The van der Waals surface area contributed by atoms with Gasteiger partial charge in [-0.25, -0.2) is 0 Å². The molecule has 0 fully saturated rings. The van der Waals surface area contributed by atoms with Crippen molar-refractivity contribution in [3.8, 4) is 17.6 Å². The summed E-state index contributed by atoms with van der Waals surface area (Å²) in [6.07, 6.45) is 1.48. The molecule has 0 unspecified atom stereocenters. The van der Waals surface area contributed by atoms with Crippen molar-refractivity contribution in [3.05, 3.63) is 66.8 Å². The van der Waals surface area contributed by atoms with Crippen LogP contribution < -0.4 is 14.8 Å². The number of hydrogen-bond donors (Lipinski definition) is 1. The Labute approximate surface area is 187 Å². The second kappa shape index (κ2) is 10.6. The Kier molecular flexibility index (Phi) is 8.17. The zero-order valence-corrected chi connectivity index (χ0v) is 18.8. The number of benzene rings is 2. The number of amides is 1. The first-order valence-corrected chi connectivity index (χ1v) is 9.99. The van der Waals surface area contributed by atoms with Gasteiger partial charge in [0.2, 0.25) is 0 Å². The van der Waals surface area contributed by atoms with E-state index in [2.05, 4.69) is 27.9 Å². The van der Waals surface area contributed by atoms with Crippen LogP contribution in [0.3, 0.4) is 0 Å². The lowest BCUT2D eigenvalue weighted by atomic mass is 10.1. The lowest BCUT2D eigenvalue weighted by molar-refractivity contribution is -0.384. The van der Waals surface area contributed by atoms with Gasteiger partial charge in [-0.15, -0.1) is 0 Å². The highest BCUT2D eigenvalue weighted by Crippen LogP contribution is 2.35. The van der Waals surface area contributed by atoms with E-state index < -0.39 is 10.8 Å². The number of ether oxygens (including phenoxy) is 2. The van der Waals surface area contributed by atoms with Gasteiger partial charge in [0, 0.05) is 18.2 Å². The summed E-state index contributed by atoms with van der Waals surface area (Å²) in [6, 6.07) is 11.4. The van der Waals surface area contributed by atoms with Gasteiger partial charge in [-0.3, -0.25) is 14.9 Å². The fourth-order valence-corrected chi connectivity index (χ4v) is 3.31. The first kappa shape index (κ1) is 23.2. The molecule has 9 heteroatoms.